The first-order valence-electron chi connectivity index (χ1n) is 7.60. The van der Waals surface area contributed by atoms with Gasteiger partial charge in [0.2, 0.25) is 0 Å². The van der Waals surface area contributed by atoms with Gasteiger partial charge in [-0.15, -0.1) is 0 Å². The molecule has 0 saturated carbocycles. The molecular weight excluding hydrogens is 274 g/mol. The number of hydrogen-bond acceptors (Lipinski definition) is 2. The van der Waals surface area contributed by atoms with Crippen LogP contribution in [0.25, 0.3) is 0 Å². The van der Waals surface area contributed by atoms with Gasteiger partial charge in [0.05, 0.1) is 0 Å². The number of nitrogens with one attached hydrogen (secondary N) is 1. The van der Waals surface area contributed by atoms with E-state index in [0.717, 1.165) is 13.1 Å². The van der Waals surface area contributed by atoms with Gasteiger partial charge in [-0.1, -0.05) is 55.9 Å². The molecular formula is C19H25NS. The van der Waals surface area contributed by atoms with E-state index in [-0.39, 0.29) is 0 Å². The quantitative estimate of drug-likeness (QED) is 0.786. The molecule has 0 heterocycles. The van der Waals surface area contributed by atoms with Crippen molar-refractivity contribution < 1.29 is 0 Å². The highest BCUT2D eigenvalue weighted by molar-refractivity contribution is 7.99. The van der Waals surface area contributed by atoms with E-state index in [4.69, 9.17) is 0 Å². The molecule has 0 unspecified atom stereocenters. The van der Waals surface area contributed by atoms with Crippen molar-refractivity contribution in [2.75, 3.05) is 6.54 Å². The van der Waals surface area contributed by atoms with E-state index in [0.29, 0.717) is 5.92 Å². The highest BCUT2D eigenvalue weighted by Gasteiger charge is 2.05. The molecule has 0 aliphatic carbocycles. The Morgan fingerprint density at radius 3 is 2.33 bits per heavy atom. The maximum Gasteiger partial charge on any atom is 0.0205 e. The van der Waals surface area contributed by atoms with Crippen LogP contribution in [0.15, 0.2) is 52.3 Å². The molecule has 0 aliphatic heterocycles. The third-order valence-corrected chi connectivity index (χ3v) is 4.79. The van der Waals surface area contributed by atoms with Crippen molar-refractivity contribution in [2.24, 2.45) is 5.92 Å². The zero-order valence-corrected chi connectivity index (χ0v) is 14.3. The van der Waals surface area contributed by atoms with E-state index < -0.39 is 0 Å². The summed E-state index contributed by atoms with van der Waals surface area (Å²) >= 11 is 1.86. The molecule has 0 radical (unpaired) electrons. The average Bonchev–Trinajstić information content (AvgIpc) is 2.43. The lowest BCUT2D eigenvalue weighted by molar-refractivity contribution is 0.552. The average molecular weight is 299 g/mol. The van der Waals surface area contributed by atoms with Gasteiger partial charge in [0.25, 0.3) is 0 Å². The lowest BCUT2D eigenvalue weighted by Gasteiger charge is -2.11. The first-order chi connectivity index (χ1) is 10.1. The van der Waals surface area contributed by atoms with Crippen LogP contribution in [-0.4, -0.2) is 6.54 Å². The van der Waals surface area contributed by atoms with Crippen molar-refractivity contribution in [3.05, 3.63) is 59.2 Å². The number of rotatable bonds is 6. The van der Waals surface area contributed by atoms with Crippen molar-refractivity contribution >= 4 is 11.8 Å². The number of aryl methyl sites for hydroxylation is 2. The zero-order valence-electron chi connectivity index (χ0n) is 13.4. The maximum absolute atomic E-state index is 3.50. The van der Waals surface area contributed by atoms with Crippen molar-refractivity contribution in [2.45, 2.75) is 44.0 Å². The van der Waals surface area contributed by atoms with Crippen molar-refractivity contribution in [3.63, 3.8) is 0 Å². The number of benzene rings is 2. The molecule has 0 aromatic heterocycles. The Bertz CT molecular complexity index is 590. The fraction of sp³-hybridized carbons (Fsp3) is 0.368. The fourth-order valence-electron chi connectivity index (χ4n) is 2.23. The summed E-state index contributed by atoms with van der Waals surface area (Å²) in [6, 6.07) is 15.3. The first kappa shape index (κ1) is 16.1. The number of hydrogen-bond donors (Lipinski definition) is 1. The monoisotopic (exact) mass is 299 g/mol. The minimum absolute atomic E-state index is 0.696. The molecule has 0 fully saturated rings. The summed E-state index contributed by atoms with van der Waals surface area (Å²) in [5.74, 6) is 0.696. The summed E-state index contributed by atoms with van der Waals surface area (Å²) in [6.07, 6.45) is 0. The van der Waals surface area contributed by atoms with E-state index in [1.807, 2.05) is 11.8 Å². The zero-order chi connectivity index (χ0) is 15.2. The summed E-state index contributed by atoms with van der Waals surface area (Å²) in [5, 5.41) is 3.50. The third kappa shape index (κ3) is 4.90. The van der Waals surface area contributed by atoms with Crippen LogP contribution in [0.1, 0.15) is 30.5 Å². The smallest absolute Gasteiger partial charge is 0.0205 e. The summed E-state index contributed by atoms with van der Waals surface area (Å²) < 4.78 is 0. The van der Waals surface area contributed by atoms with Crippen LogP contribution < -0.4 is 5.32 Å². The van der Waals surface area contributed by atoms with E-state index in [9.17, 15) is 0 Å². The van der Waals surface area contributed by atoms with E-state index in [1.54, 1.807) is 0 Å². The lowest BCUT2D eigenvalue weighted by Crippen LogP contribution is -2.18. The van der Waals surface area contributed by atoms with Crippen LogP contribution in [-0.2, 0) is 6.54 Å². The molecule has 21 heavy (non-hydrogen) atoms. The fourth-order valence-corrected chi connectivity index (χ4v) is 3.20. The molecule has 2 rings (SSSR count). The molecule has 2 heteroatoms. The molecule has 0 atom stereocenters. The van der Waals surface area contributed by atoms with Crippen molar-refractivity contribution in [1.82, 2.24) is 5.32 Å². The largest absolute Gasteiger partial charge is 0.312 e. The van der Waals surface area contributed by atoms with Gasteiger partial charge in [-0.05, 0) is 55.1 Å². The molecule has 0 bridgehead atoms. The molecule has 0 spiro atoms. The van der Waals surface area contributed by atoms with Crippen LogP contribution >= 0.6 is 11.8 Å². The van der Waals surface area contributed by atoms with Crippen molar-refractivity contribution in [1.29, 1.82) is 0 Å². The van der Waals surface area contributed by atoms with E-state index in [2.05, 4.69) is 75.5 Å². The van der Waals surface area contributed by atoms with Gasteiger partial charge in [0.15, 0.2) is 0 Å². The minimum Gasteiger partial charge on any atom is -0.312 e. The Hall–Kier alpha value is -1.25. The van der Waals surface area contributed by atoms with Gasteiger partial charge in [-0.3, -0.25) is 0 Å². The summed E-state index contributed by atoms with van der Waals surface area (Å²) in [6.45, 7) is 10.9. The SMILES string of the molecule is Cc1ccccc1Sc1ccc(CNCC(C)C)cc1C. The van der Waals surface area contributed by atoms with Gasteiger partial charge in [0, 0.05) is 16.3 Å². The molecule has 0 saturated heterocycles. The molecule has 1 nitrogen and oxygen atoms in total. The van der Waals surface area contributed by atoms with Crippen LogP contribution in [0, 0.1) is 19.8 Å². The summed E-state index contributed by atoms with van der Waals surface area (Å²) in [5.41, 5.74) is 4.05. The maximum atomic E-state index is 3.50. The second kappa shape index (κ2) is 7.67. The van der Waals surface area contributed by atoms with Crippen LogP contribution in [0.4, 0.5) is 0 Å². The lowest BCUT2D eigenvalue weighted by atomic mass is 10.1. The minimum atomic E-state index is 0.696. The predicted octanol–water partition coefficient (Wildman–Crippen LogP) is 5.20. The molecule has 0 aliphatic rings. The van der Waals surface area contributed by atoms with E-state index in [1.165, 1.54) is 26.5 Å². The van der Waals surface area contributed by atoms with Crippen LogP contribution in [0.5, 0.6) is 0 Å². The Balaban J connectivity index is 2.04. The molecule has 112 valence electrons. The standard InChI is InChI=1S/C19H25NS/c1-14(2)12-20-13-17-9-10-19(16(4)11-17)21-18-8-6-5-7-15(18)3/h5-11,14,20H,12-13H2,1-4H3. The van der Waals surface area contributed by atoms with Gasteiger partial charge in [-0.25, -0.2) is 0 Å². The van der Waals surface area contributed by atoms with Gasteiger partial charge in [-0.2, -0.15) is 0 Å². The summed E-state index contributed by atoms with van der Waals surface area (Å²) in [7, 11) is 0. The van der Waals surface area contributed by atoms with Crippen LogP contribution in [0.3, 0.4) is 0 Å². The first-order valence-corrected chi connectivity index (χ1v) is 8.41. The summed E-state index contributed by atoms with van der Waals surface area (Å²) in [4.78, 5) is 2.68. The Kier molecular flexibility index (Phi) is 5.89. The van der Waals surface area contributed by atoms with Gasteiger partial charge in [0.1, 0.15) is 0 Å². The topological polar surface area (TPSA) is 12.0 Å². The third-order valence-electron chi connectivity index (χ3n) is 3.43. The van der Waals surface area contributed by atoms with Crippen LogP contribution in [0.2, 0.25) is 0 Å². The Labute approximate surface area is 133 Å². The second-order valence-corrected chi connectivity index (χ2v) is 7.08. The Morgan fingerprint density at radius 2 is 1.67 bits per heavy atom. The molecule has 2 aromatic rings. The highest BCUT2D eigenvalue weighted by atomic mass is 32.2. The van der Waals surface area contributed by atoms with Gasteiger partial charge >= 0.3 is 0 Å². The Morgan fingerprint density at radius 1 is 0.952 bits per heavy atom. The highest BCUT2D eigenvalue weighted by Crippen LogP contribution is 2.32. The molecule has 2 aromatic carbocycles. The molecule has 0 amide bonds. The van der Waals surface area contributed by atoms with E-state index >= 15 is 0 Å². The second-order valence-electron chi connectivity index (χ2n) is 5.99. The van der Waals surface area contributed by atoms with Crippen molar-refractivity contribution in [3.8, 4) is 0 Å². The normalized spacial score (nSPS) is 11.1. The molecule has 1 N–H and O–H groups in total. The predicted molar refractivity (Wildman–Crippen MR) is 93.0 cm³/mol. The van der Waals surface area contributed by atoms with Gasteiger partial charge < -0.3 is 5.32 Å².